The van der Waals surface area contributed by atoms with E-state index >= 15 is 0 Å². The second-order valence-corrected chi connectivity index (χ2v) is 7.91. The molecule has 166 valence electrons. The molecule has 0 spiro atoms. The fraction of sp³-hybridized carbons (Fsp3) is 0.261. The van der Waals surface area contributed by atoms with E-state index < -0.39 is 22.9 Å². The topological polar surface area (TPSA) is 71.1 Å². The molecule has 0 amide bonds. The molecule has 0 N–H and O–H groups in total. The molecule has 2 aromatic carbocycles. The van der Waals surface area contributed by atoms with Crippen LogP contribution in [0.3, 0.4) is 0 Å². The second-order valence-electron chi connectivity index (χ2n) is 7.91. The number of nitrogens with zero attached hydrogens (tertiary/aromatic N) is 4. The molecule has 0 fully saturated rings. The summed E-state index contributed by atoms with van der Waals surface area (Å²) in [6.07, 6.45) is 1.38. The first-order valence-corrected chi connectivity index (χ1v) is 10.1. The van der Waals surface area contributed by atoms with Crippen LogP contribution in [0.15, 0.2) is 58.4 Å². The Hall–Kier alpha value is -3.75. The Bertz CT molecular complexity index is 1400. The molecule has 7 nitrogen and oxygen atoms in total. The Labute approximate surface area is 182 Å². The van der Waals surface area contributed by atoms with Crippen molar-refractivity contribution < 1.29 is 13.5 Å². The maximum atomic E-state index is 14.2. The lowest BCUT2D eigenvalue weighted by Gasteiger charge is -2.14. The number of methoxy groups -OCH3 is 1. The van der Waals surface area contributed by atoms with Crippen molar-refractivity contribution >= 4 is 11.2 Å². The van der Waals surface area contributed by atoms with Gasteiger partial charge in [0.15, 0.2) is 11.2 Å². The largest absolute Gasteiger partial charge is 0.497 e. The first-order valence-electron chi connectivity index (χ1n) is 10.1. The van der Waals surface area contributed by atoms with E-state index in [1.165, 1.54) is 21.5 Å². The summed E-state index contributed by atoms with van der Waals surface area (Å²) < 4.78 is 36.7. The molecular weight excluding hydrogens is 418 g/mol. The molecule has 0 radical (unpaired) electrons. The van der Waals surface area contributed by atoms with Gasteiger partial charge in [-0.3, -0.25) is 9.36 Å². The van der Waals surface area contributed by atoms with Crippen LogP contribution in [-0.4, -0.2) is 25.8 Å². The lowest BCUT2D eigenvalue weighted by molar-refractivity contribution is 0.414. The molecule has 4 aromatic rings. The molecular formula is C23H22F2N4O3. The van der Waals surface area contributed by atoms with Gasteiger partial charge in [0.2, 0.25) is 0 Å². The molecule has 0 unspecified atom stereocenters. The minimum absolute atomic E-state index is 0.0353. The summed E-state index contributed by atoms with van der Waals surface area (Å²) in [7, 11) is 1.54. The van der Waals surface area contributed by atoms with Gasteiger partial charge in [0.05, 0.1) is 25.7 Å². The number of hydrogen-bond acceptors (Lipinski definition) is 4. The zero-order valence-corrected chi connectivity index (χ0v) is 17.9. The highest BCUT2D eigenvalue weighted by atomic mass is 19.1. The van der Waals surface area contributed by atoms with E-state index in [9.17, 15) is 18.4 Å². The molecule has 0 aliphatic heterocycles. The Morgan fingerprint density at radius 1 is 1.06 bits per heavy atom. The van der Waals surface area contributed by atoms with Crippen molar-refractivity contribution in [2.24, 2.45) is 5.92 Å². The number of rotatable bonds is 6. The molecule has 0 bridgehead atoms. The number of benzene rings is 2. The van der Waals surface area contributed by atoms with Crippen LogP contribution in [-0.2, 0) is 13.1 Å². The van der Waals surface area contributed by atoms with Gasteiger partial charge in [-0.05, 0) is 36.2 Å². The van der Waals surface area contributed by atoms with E-state index in [1.54, 1.807) is 31.4 Å². The lowest BCUT2D eigenvalue weighted by atomic mass is 10.2. The van der Waals surface area contributed by atoms with Crippen molar-refractivity contribution in [1.29, 1.82) is 0 Å². The fourth-order valence-electron chi connectivity index (χ4n) is 3.62. The van der Waals surface area contributed by atoms with E-state index in [0.717, 1.165) is 16.7 Å². The van der Waals surface area contributed by atoms with Crippen molar-refractivity contribution in [2.45, 2.75) is 26.9 Å². The average molecular weight is 440 g/mol. The van der Waals surface area contributed by atoms with E-state index in [2.05, 4.69) is 4.98 Å². The first-order chi connectivity index (χ1) is 15.3. The van der Waals surface area contributed by atoms with Gasteiger partial charge >= 0.3 is 5.69 Å². The standard InChI is InChI=1S/C23H22F2N4O3/c1-14(2)11-28-22(30)20-21(29(23(28)31)17-6-8-18(32-3)9-7-17)26-13-27(20)12-15-4-5-16(24)10-19(15)25/h4-10,13-14H,11-12H2,1-3H3. The first kappa shape index (κ1) is 21.5. The average Bonchev–Trinajstić information content (AvgIpc) is 3.17. The van der Waals surface area contributed by atoms with Gasteiger partial charge in [-0.15, -0.1) is 0 Å². The molecule has 0 saturated heterocycles. The van der Waals surface area contributed by atoms with E-state index in [-0.39, 0.29) is 35.7 Å². The Kier molecular flexibility index (Phi) is 5.65. The number of imidazole rings is 1. The summed E-state index contributed by atoms with van der Waals surface area (Å²) in [4.78, 5) is 30.9. The summed E-state index contributed by atoms with van der Waals surface area (Å²) in [5.41, 5.74) is -0.000210. The maximum absolute atomic E-state index is 14.2. The van der Waals surface area contributed by atoms with Crippen LogP contribution in [0.5, 0.6) is 5.75 Å². The predicted octanol–water partition coefficient (Wildman–Crippen LogP) is 3.34. The van der Waals surface area contributed by atoms with Crippen molar-refractivity contribution in [1.82, 2.24) is 18.7 Å². The van der Waals surface area contributed by atoms with Crippen LogP contribution in [0.2, 0.25) is 0 Å². The SMILES string of the molecule is COc1ccc(-n2c(=O)n(CC(C)C)c(=O)c3c2ncn3Cc2ccc(F)cc2F)cc1. The third-order valence-corrected chi connectivity index (χ3v) is 5.13. The zero-order valence-electron chi connectivity index (χ0n) is 17.9. The second kappa shape index (κ2) is 8.41. The molecule has 2 heterocycles. The summed E-state index contributed by atoms with van der Waals surface area (Å²) in [5, 5.41) is 0. The van der Waals surface area contributed by atoms with Gasteiger partial charge in [-0.2, -0.15) is 0 Å². The van der Waals surface area contributed by atoms with Crippen LogP contribution in [0.1, 0.15) is 19.4 Å². The molecule has 2 aromatic heterocycles. The predicted molar refractivity (Wildman–Crippen MR) is 116 cm³/mol. The van der Waals surface area contributed by atoms with Gasteiger partial charge in [0.25, 0.3) is 5.56 Å². The van der Waals surface area contributed by atoms with Gasteiger partial charge in [-0.1, -0.05) is 19.9 Å². The lowest BCUT2D eigenvalue weighted by Crippen LogP contribution is -2.41. The van der Waals surface area contributed by atoms with Crippen LogP contribution in [0.4, 0.5) is 8.78 Å². The monoisotopic (exact) mass is 440 g/mol. The van der Waals surface area contributed by atoms with E-state index in [4.69, 9.17) is 4.74 Å². The number of hydrogen-bond donors (Lipinski definition) is 0. The minimum atomic E-state index is -0.724. The quantitative estimate of drug-likeness (QED) is 0.461. The van der Waals surface area contributed by atoms with Crippen LogP contribution >= 0.6 is 0 Å². The summed E-state index contributed by atoms with van der Waals surface area (Å²) in [6.45, 7) is 3.97. The van der Waals surface area contributed by atoms with Gasteiger partial charge in [0, 0.05) is 18.2 Å². The summed E-state index contributed by atoms with van der Waals surface area (Å²) in [5.74, 6) is -0.758. The van der Waals surface area contributed by atoms with Crippen LogP contribution in [0.25, 0.3) is 16.9 Å². The van der Waals surface area contributed by atoms with Gasteiger partial charge < -0.3 is 9.30 Å². The smallest absolute Gasteiger partial charge is 0.337 e. The summed E-state index contributed by atoms with van der Waals surface area (Å²) in [6, 6.07) is 10.1. The number of aromatic nitrogens is 4. The van der Waals surface area contributed by atoms with Crippen molar-refractivity contribution in [3.63, 3.8) is 0 Å². The molecule has 9 heteroatoms. The highest BCUT2D eigenvalue weighted by Crippen LogP contribution is 2.19. The number of ether oxygens (including phenoxy) is 1. The third kappa shape index (κ3) is 3.81. The Balaban J connectivity index is 1.97. The molecule has 0 aliphatic rings. The molecule has 0 saturated carbocycles. The molecule has 0 aliphatic carbocycles. The molecule has 4 rings (SSSR count). The Morgan fingerprint density at radius 3 is 2.41 bits per heavy atom. The highest BCUT2D eigenvalue weighted by molar-refractivity contribution is 5.72. The Morgan fingerprint density at radius 2 is 1.78 bits per heavy atom. The van der Waals surface area contributed by atoms with Crippen molar-refractivity contribution in [3.05, 3.63) is 86.8 Å². The summed E-state index contributed by atoms with van der Waals surface area (Å²) >= 11 is 0. The molecule has 32 heavy (non-hydrogen) atoms. The number of fused-ring (bicyclic) bond motifs is 1. The minimum Gasteiger partial charge on any atom is -0.497 e. The van der Waals surface area contributed by atoms with Gasteiger partial charge in [-0.25, -0.2) is 23.1 Å². The fourth-order valence-corrected chi connectivity index (χ4v) is 3.62. The van der Waals surface area contributed by atoms with E-state index in [1.807, 2.05) is 13.8 Å². The zero-order chi connectivity index (χ0) is 23.0. The maximum Gasteiger partial charge on any atom is 0.337 e. The number of halogens is 2. The third-order valence-electron chi connectivity index (χ3n) is 5.13. The molecule has 0 atom stereocenters. The van der Waals surface area contributed by atoms with Crippen molar-refractivity contribution in [3.8, 4) is 11.4 Å². The van der Waals surface area contributed by atoms with Crippen molar-refractivity contribution in [2.75, 3.05) is 7.11 Å². The van der Waals surface area contributed by atoms with Crippen LogP contribution < -0.4 is 16.0 Å². The van der Waals surface area contributed by atoms with E-state index in [0.29, 0.717) is 11.4 Å². The highest BCUT2D eigenvalue weighted by Gasteiger charge is 2.20. The van der Waals surface area contributed by atoms with Crippen LogP contribution in [0, 0.1) is 17.6 Å². The normalized spacial score (nSPS) is 11.4. The van der Waals surface area contributed by atoms with Gasteiger partial charge in [0.1, 0.15) is 17.4 Å².